The third kappa shape index (κ3) is 1.47. The van der Waals surface area contributed by atoms with Crippen molar-refractivity contribution in [2.24, 2.45) is 0 Å². The van der Waals surface area contributed by atoms with Crippen LogP contribution in [0.15, 0.2) is 41.2 Å². The van der Waals surface area contributed by atoms with Gasteiger partial charge in [-0.05, 0) is 17.7 Å². The van der Waals surface area contributed by atoms with Gasteiger partial charge >= 0.3 is 0 Å². The van der Waals surface area contributed by atoms with Crippen molar-refractivity contribution in [1.29, 1.82) is 0 Å². The lowest BCUT2D eigenvalue weighted by molar-refractivity contribution is -0.384. The van der Waals surface area contributed by atoms with Crippen LogP contribution in [0.3, 0.4) is 0 Å². The van der Waals surface area contributed by atoms with E-state index in [0.717, 1.165) is 11.1 Å². The second-order valence-electron chi connectivity index (χ2n) is 2.72. The minimum atomic E-state index is -0.433. The van der Waals surface area contributed by atoms with E-state index in [2.05, 4.69) is 9.68 Å². The van der Waals surface area contributed by atoms with Crippen molar-refractivity contribution in [3.8, 4) is 11.1 Å². The molecule has 0 aliphatic heterocycles. The van der Waals surface area contributed by atoms with Crippen molar-refractivity contribution < 1.29 is 9.45 Å². The molecule has 0 aliphatic rings. The van der Waals surface area contributed by atoms with Crippen molar-refractivity contribution in [3.05, 3.63) is 46.8 Å². The Bertz CT molecular complexity index is 434. The molecule has 0 saturated heterocycles. The van der Waals surface area contributed by atoms with Crippen LogP contribution in [0.5, 0.6) is 0 Å². The summed E-state index contributed by atoms with van der Waals surface area (Å²) in [5.41, 5.74) is 1.72. The summed E-state index contributed by atoms with van der Waals surface area (Å²) in [6.45, 7) is 0. The number of nitrogens with zero attached hydrogens (tertiary/aromatic N) is 2. The molecule has 5 nitrogen and oxygen atoms in total. The van der Waals surface area contributed by atoms with E-state index in [-0.39, 0.29) is 5.69 Å². The zero-order chi connectivity index (χ0) is 9.97. The number of hydrogen-bond acceptors (Lipinski definition) is 4. The summed E-state index contributed by atoms with van der Waals surface area (Å²) in [7, 11) is 0. The SMILES string of the molecule is O=[N+]([O-])c1ccc(-c2cnoc2)cc1. The quantitative estimate of drug-likeness (QED) is 0.537. The van der Waals surface area contributed by atoms with Crippen LogP contribution in [0.2, 0.25) is 0 Å². The molecule has 0 fully saturated rings. The van der Waals surface area contributed by atoms with Gasteiger partial charge in [-0.15, -0.1) is 0 Å². The largest absolute Gasteiger partial charge is 0.364 e. The van der Waals surface area contributed by atoms with Crippen molar-refractivity contribution in [2.45, 2.75) is 0 Å². The molecule has 5 heteroatoms. The zero-order valence-electron chi connectivity index (χ0n) is 7.08. The molecule has 0 radical (unpaired) electrons. The van der Waals surface area contributed by atoms with E-state index in [9.17, 15) is 10.1 Å². The standard InChI is InChI=1S/C9H6N2O3/c12-11(13)9-3-1-7(2-4-9)8-5-10-14-6-8/h1-6H. The lowest BCUT2D eigenvalue weighted by Crippen LogP contribution is -1.86. The molecule has 0 saturated carbocycles. The van der Waals surface area contributed by atoms with Crippen molar-refractivity contribution in [2.75, 3.05) is 0 Å². The van der Waals surface area contributed by atoms with E-state index in [0.29, 0.717) is 0 Å². The first kappa shape index (κ1) is 8.43. The fourth-order valence-corrected chi connectivity index (χ4v) is 1.12. The second kappa shape index (κ2) is 3.29. The Morgan fingerprint density at radius 2 is 1.93 bits per heavy atom. The normalized spacial score (nSPS) is 10.0. The monoisotopic (exact) mass is 190 g/mol. The van der Waals surface area contributed by atoms with Crippen LogP contribution in [0.1, 0.15) is 0 Å². The number of non-ortho nitro benzene ring substituents is 1. The highest BCUT2D eigenvalue weighted by atomic mass is 16.6. The van der Waals surface area contributed by atoms with Gasteiger partial charge in [0, 0.05) is 17.7 Å². The van der Waals surface area contributed by atoms with Gasteiger partial charge in [0.1, 0.15) is 6.26 Å². The van der Waals surface area contributed by atoms with Gasteiger partial charge in [-0.3, -0.25) is 10.1 Å². The van der Waals surface area contributed by atoms with E-state index >= 15 is 0 Å². The van der Waals surface area contributed by atoms with Gasteiger partial charge in [-0.1, -0.05) is 5.16 Å². The molecule has 0 bridgehead atoms. The maximum Gasteiger partial charge on any atom is 0.269 e. The third-order valence-corrected chi connectivity index (χ3v) is 1.84. The molecule has 1 aromatic heterocycles. The van der Waals surface area contributed by atoms with Gasteiger partial charge in [0.2, 0.25) is 0 Å². The van der Waals surface area contributed by atoms with Crippen molar-refractivity contribution in [3.63, 3.8) is 0 Å². The van der Waals surface area contributed by atoms with E-state index in [1.54, 1.807) is 18.3 Å². The van der Waals surface area contributed by atoms with Crippen LogP contribution in [0.4, 0.5) is 5.69 Å². The first-order valence-corrected chi connectivity index (χ1v) is 3.91. The number of hydrogen-bond donors (Lipinski definition) is 0. The first-order valence-electron chi connectivity index (χ1n) is 3.91. The highest BCUT2D eigenvalue weighted by molar-refractivity contribution is 5.62. The zero-order valence-corrected chi connectivity index (χ0v) is 7.08. The minimum Gasteiger partial charge on any atom is -0.364 e. The molecule has 70 valence electrons. The van der Waals surface area contributed by atoms with Crippen molar-refractivity contribution in [1.82, 2.24) is 5.16 Å². The molecular formula is C9H6N2O3. The molecule has 2 rings (SSSR count). The van der Waals surface area contributed by atoms with Gasteiger partial charge in [-0.2, -0.15) is 0 Å². The van der Waals surface area contributed by atoms with Crippen LogP contribution < -0.4 is 0 Å². The average Bonchev–Trinajstić information content (AvgIpc) is 2.71. The highest BCUT2D eigenvalue weighted by Crippen LogP contribution is 2.21. The maximum absolute atomic E-state index is 10.4. The number of nitro benzene ring substituents is 1. The summed E-state index contributed by atoms with van der Waals surface area (Å²) >= 11 is 0. The number of rotatable bonds is 2. The summed E-state index contributed by atoms with van der Waals surface area (Å²) in [5.74, 6) is 0. The van der Waals surface area contributed by atoms with E-state index in [1.165, 1.54) is 18.4 Å². The lowest BCUT2D eigenvalue weighted by atomic mass is 10.1. The van der Waals surface area contributed by atoms with Crippen molar-refractivity contribution >= 4 is 5.69 Å². The predicted octanol–water partition coefficient (Wildman–Crippen LogP) is 2.25. The molecule has 0 unspecified atom stereocenters. The van der Waals surface area contributed by atoms with Gasteiger partial charge < -0.3 is 4.52 Å². The van der Waals surface area contributed by atoms with E-state index in [4.69, 9.17) is 0 Å². The number of aromatic nitrogens is 1. The van der Waals surface area contributed by atoms with Gasteiger partial charge in [0.15, 0.2) is 0 Å². The Labute approximate surface area is 79.1 Å². The van der Waals surface area contributed by atoms with Gasteiger partial charge in [0.25, 0.3) is 5.69 Å². The smallest absolute Gasteiger partial charge is 0.269 e. The molecular weight excluding hydrogens is 184 g/mol. The van der Waals surface area contributed by atoms with Gasteiger partial charge in [-0.25, -0.2) is 0 Å². The Hall–Kier alpha value is -2.17. The molecule has 14 heavy (non-hydrogen) atoms. The number of nitro groups is 1. The van der Waals surface area contributed by atoms with Crippen LogP contribution in [0, 0.1) is 10.1 Å². The average molecular weight is 190 g/mol. The summed E-state index contributed by atoms with van der Waals surface area (Å²) in [4.78, 5) is 9.94. The molecule has 1 heterocycles. The summed E-state index contributed by atoms with van der Waals surface area (Å²) in [6.07, 6.45) is 3.04. The molecule has 0 amide bonds. The fourth-order valence-electron chi connectivity index (χ4n) is 1.12. The van der Waals surface area contributed by atoms with E-state index < -0.39 is 4.92 Å². The molecule has 1 aromatic carbocycles. The molecule has 0 aliphatic carbocycles. The van der Waals surface area contributed by atoms with Crippen LogP contribution >= 0.6 is 0 Å². The van der Waals surface area contributed by atoms with Crippen LogP contribution in [0.25, 0.3) is 11.1 Å². The molecule has 0 N–H and O–H groups in total. The predicted molar refractivity (Wildman–Crippen MR) is 48.6 cm³/mol. The second-order valence-corrected chi connectivity index (χ2v) is 2.72. The Morgan fingerprint density at radius 1 is 1.21 bits per heavy atom. The Balaban J connectivity index is 2.36. The first-order chi connectivity index (χ1) is 6.77. The topological polar surface area (TPSA) is 69.2 Å². The molecule has 0 spiro atoms. The van der Waals surface area contributed by atoms with Crippen LogP contribution in [-0.4, -0.2) is 10.1 Å². The summed E-state index contributed by atoms with van der Waals surface area (Å²) < 4.78 is 4.66. The lowest BCUT2D eigenvalue weighted by Gasteiger charge is -1.94. The Morgan fingerprint density at radius 3 is 2.43 bits per heavy atom. The van der Waals surface area contributed by atoms with Gasteiger partial charge in [0.05, 0.1) is 11.1 Å². The molecule has 2 aromatic rings. The number of benzene rings is 1. The minimum absolute atomic E-state index is 0.0743. The van der Waals surface area contributed by atoms with E-state index in [1.807, 2.05) is 0 Å². The summed E-state index contributed by atoms with van der Waals surface area (Å²) in [6, 6.07) is 6.21. The fraction of sp³-hybridized carbons (Fsp3) is 0. The highest BCUT2D eigenvalue weighted by Gasteiger charge is 2.05. The summed E-state index contributed by atoms with van der Waals surface area (Å²) in [5, 5.41) is 13.9. The third-order valence-electron chi connectivity index (χ3n) is 1.84. The van der Waals surface area contributed by atoms with Crippen LogP contribution in [-0.2, 0) is 0 Å². The maximum atomic E-state index is 10.4. The molecule has 0 atom stereocenters. The Kier molecular flexibility index (Phi) is 1.98.